The third-order valence-corrected chi connectivity index (χ3v) is 3.35. The van der Waals surface area contributed by atoms with Gasteiger partial charge in [-0.25, -0.2) is 0 Å². The zero-order valence-corrected chi connectivity index (χ0v) is 10.1. The van der Waals surface area contributed by atoms with E-state index in [0.29, 0.717) is 0 Å². The number of rotatable bonds is 3. The van der Waals surface area contributed by atoms with Crippen LogP contribution in [0.25, 0.3) is 0 Å². The average Bonchev–Trinajstić information content (AvgIpc) is 2.10. The predicted octanol–water partition coefficient (Wildman–Crippen LogP) is 3.37. The molecule has 0 radical (unpaired) electrons. The molecule has 1 rings (SSSR count). The fourth-order valence-corrected chi connectivity index (χ4v) is 2.23. The predicted molar refractivity (Wildman–Crippen MR) is 63.4 cm³/mol. The van der Waals surface area contributed by atoms with E-state index in [1.165, 1.54) is 24.8 Å². The second kappa shape index (κ2) is 5.55. The summed E-state index contributed by atoms with van der Waals surface area (Å²) in [6, 6.07) is 0.745. The highest BCUT2D eigenvalue weighted by Gasteiger charge is 2.24. The maximum Gasteiger partial charge on any atom is 0.0140 e. The zero-order valence-electron chi connectivity index (χ0n) is 10.1. The number of allylic oxidation sites excluding steroid dienone is 1. The Hall–Kier alpha value is -0.300. The van der Waals surface area contributed by atoms with Crippen LogP contribution in [0.1, 0.15) is 47.0 Å². The molecule has 0 bridgehead atoms. The molecule has 0 heterocycles. The van der Waals surface area contributed by atoms with Crippen molar-refractivity contribution in [1.29, 1.82) is 0 Å². The van der Waals surface area contributed by atoms with Crippen LogP contribution in [0.4, 0.5) is 0 Å². The van der Waals surface area contributed by atoms with Gasteiger partial charge in [-0.05, 0) is 38.5 Å². The summed E-state index contributed by atoms with van der Waals surface area (Å²) in [5, 5.41) is 3.66. The molecule has 3 unspecified atom stereocenters. The molecule has 0 aromatic carbocycles. The zero-order chi connectivity index (χ0) is 10.6. The van der Waals surface area contributed by atoms with Crippen LogP contribution in [0.5, 0.6) is 0 Å². The Morgan fingerprint density at radius 3 is 2.64 bits per heavy atom. The first kappa shape index (κ1) is 11.8. The van der Waals surface area contributed by atoms with Gasteiger partial charge in [-0.1, -0.05) is 31.9 Å². The van der Waals surface area contributed by atoms with Gasteiger partial charge in [0.2, 0.25) is 0 Å². The van der Waals surface area contributed by atoms with Gasteiger partial charge in [-0.2, -0.15) is 0 Å². The lowest BCUT2D eigenvalue weighted by Crippen LogP contribution is -2.39. The topological polar surface area (TPSA) is 12.0 Å². The van der Waals surface area contributed by atoms with Gasteiger partial charge in [0.1, 0.15) is 0 Å². The first-order valence-electron chi connectivity index (χ1n) is 5.96. The van der Waals surface area contributed by atoms with E-state index >= 15 is 0 Å². The molecule has 0 aromatic heterocycles. The first-order chi connectivity index (χ1) is 6.59. The maximum absolute atomic E-state index is 3.66. The van der Waals surface area contributed by atoms with E-state index < -0.39 is 0 Å². The summed E-state index contributed by atoms with van der Waals surface area (Å²) in [5.74, 6) is 1.77. The van der Waals surface area contributed by atoms with Crippen LogP contribution in [0, 0.1) is 11.8 Å². The van der Waals surface area contributed by atoms with Crippen molar-refractivity contribution >= 4 is 0 Å². The molecule has 0 spiro atoms. The van der Waals surface area contributed by atoms with Crippen LogP contribution in [-0.2, 0) is 0 Å². The van der Waals surface area contributed by atoms with Crippen LogP contribution in [0.2, 0.25) is 0 Å². The molecule has 0 saturated heterocycles. The van der Waals surface area contributed by atoms with Crippen molar-refractivity contribution in [1.82, 2.24) is 5.32 Å². The van der Waals surface area contributed by atoms with E-state index in [1.54, 1.807) is 0 Å². The molecule has 0 aliphatic heterocycles. The molecule has 1 heteroatoms. The molecule has 1 fully saturated rings. The quantitative estimate of drug-likeness (QED) is 0.681. The number of nitrogens with one attached hydrogen (secondary N) is 1. The Kier molecular flexibility index (Phi) is 4.67. The molecule has 1 aliphatic rings. The van der Waals surface area contributed by atoms with Gasteiger partial charge in [0.25, 0.3) is 0 Å². The van der Waals surface area contributed by atoms with E-state index in [1.807, 2.05) is 0 Å². The summed E-state index contributed by atoms with van der Waals surface area (Å²) in [5.41, 5.74) is 1.41. The summed E-state index contributed by atoms with van der Waals surface area (Å²) in [4.78, 5) is 0. The minimum Gasteiger partial charge on any atom is -0.310 e. The highest BCUT2D eigenvalue weighted by Crippen LogP contribution is 2.28. The molecule has 1 saturated carbocycles. The minimum absolute atomic E-state index is 0.745. The van der Waals surface area contributed by atoms with Crippen molar-refractivity contribution in [2.75, 3.05) is 6.54 Å². The molecular weight excluding hydrogens is 170 g/mol. The van der Waals surface area contributed by atoms with Gasteiger partial charge in [-0.3, -0.25) is 0 Å². The van der Waals surface area contributed by atoms with Gasteiger partial charge < -0.3 is 5.32 Å². The molecule has 14 heavy (non-hydrogen) atoms. The van der Waals surface area contributed by atoms with Crippen LogP contribution >= 0.6 is 0 Å². The standard InChI is InChI=1S/C13H25N/c1-10(2)7-8-14-13-9-11(3)5-6-12(13)4/h7,11-14H,5-6,8-9H2,1-4H3. The van der Waals surface area contributed by atoms with E-state index in [4.69, 9.17) is 0 Å². The molecule has 1 N–H and O–H groups in total. The summed E-state index contributed by atoms with van der Waals surface area (Å²) in [6.45, 7) is 10.1. The third-order valence-electron chi connectivity index (χ3n) is 3.35. The van der Waals surface area contributed by atoms with Gasteiger partial charge in [0, 0.05) is 12.6 Å². The highest BCUT2D eigenvalue weighted by atomic mass is 14.9. The van der Waals surface area contributed by atoms with Crippen LogP contribution in [-0.4, -0.2) is 12.6 Å². The Morgan fingerprint density at radius 1 is 1.29 bits per heavy atom. The van der Waals surface area contributed by atoms with Crippen LogP contribution < -0.4 is 5.32 Å². The largest absolute Gasteiger partial charge is 0.310 e. The lowest BCUT2D eigenvalue weighted by Gasteiger charge is -2.33. The fraction of sp³-hybridized carbons (Fsp3) is 0.846. The number of hydrogen-bond acceptors (Lipinski definition) is 1. The van der Waals surface area contributed by atoms with E-state index in [9.17, 15) is 0 Å². The summed E-state index contributed by atoms with van der Waals surface area (Å²) >= 11 is 0. The average molecular weight is 195 g/mol. The lowest BCUT2D eigenvalue weighted by atomic mass is 9.80. The smallest absolute Gasteiger partial charge is 0.0140 e. The Morgan fingerprint density at radius 2 is 2.00 bits per heavy atom. The first-order valence-corrected chi connectivity index (χ1v) is 5.96. The second-order valence-electron chi connectivity index (χ2n) is 5.19. The van der Waals surface area contributed by atoms with Gasteiger partial charge in [-0.15, -0.1) is 0 Å². The fourth-order valence-electron chi connectivity index (χ4n) is 2.23. The molecular formula is C13H25N. The summed E-state index contributed by atoms with van der Waals surface area (Å²) < 4.78 is 0. The molecule has 1 aliphatic carbocycles. The normalized spacial score (nSPS) is 32.7. The van der Waals surface area contributed by atoms with Crippen LogP contribution in [0.15, 0.2) is 11.6 Å². The van der Waals surface area contributed by atoms with Crippen molar-refractivity contribution < 1.29 is 0 Å². The van der Waals surface area contributed by atoms with Crippen molar-refractivity contribution in [2.45, 2.75) is 53.0 Å². The summed E-state index contributed by atoms with van der Waals surface area (Å²) in [6.07, 6.45) is 6.46. The molecule has 0 amide bonds. The van der Waals surface area contributed by atoms with Crippen molar-refractivity contribution in [3.8, 4) is 0 Å². The third kappa shape index (κ3) is 3.83. The van der Waals surface area contributed by atoms with Gasteiger partial charge >= 0.3 is 0 Å². The van der Waals surface area contributed by atoms with E-state index in [-0.39, 0.29) is 0 Å². The van der Waals surface area contributed by atoms with Crippen molar-refractivity contribution in [3.63, 3.8) is 0 Å². The molecule has 82 valence electrons. The SMILES string of the molecule is CC(C)=CCNC1CC(C)CCC1C. The lowest BCUT2D eigenvalue weighted by molar-refractivity contribution is 0.233. The number of hydrogen-bond donors (Lipinski definition) is 1. The van der Waals surface area contributed by atoms with Crippen molar-refractivity contribution in [2.24, 2.45) is 11.8 Å². The summed E-state index contributed by atoms with van der Waals surface area (Å²) in [7, 11) is 0. The maximum atomic E-state index is 3.66. The highest BCUT2D eigenvalue weighted by molar-refractivity contribution is 4.95. The molecule has 0 aromatic rings. The van der Waals surface area contributed by atoms with E-state index in [2.05, 4.69) is 39.1 Å². The molecule has 1 nitrogen and oxygen atoms in total. The minimum atomic E-state index is 0.745. The second-order valence-corrected chi connectivity index (χ2v) is 5.19. The van der Waals surface area contributed by atoms with Crippen molar-refractivity contribution in [3.05, 3.63) is 11.6 Å². The Balaban J connectivity index is 2.31. The monoisotopic (exact) mass is 195 g/mol. The van der Waals surface area contributed by atoms with Gasteiger partial charge in [0.15, 0.2) is 0 Å². The Bertz CT molecular complexity index is 191. The van der Waals surface area contributed by atoms with Gasteiger partial charge in [0.05, 0.1) is 0 Å². The Labute approximate surface area is 89.0 Å². The van der Waals surface area contributed by atoms with Crippen LogP contribution in [0.3, 0.4) is 0 Å². The van der Waals surface area contributed by atoms with E-state index in [0.717, 1.165) is 24.4 Å². The molecule has 3 atom stereocenters.